The molecule has 0 aliphatic carbocycles. The van der Waals surface area contributed by atoms with Gasteiger partial charge in [0.2, 0.25) is 0 Å². The Balaban J connectivity index is 1.63. The molecular weight excluding hydrogens is 395 g/mol. The van der Waals surface area contributed by atoms with Crippen molar-refractivity contribution >= 4 is 23.5 Å². The molecule has 1 unspecified atom stereocenters. The van der Waals surface area contributed by atoms with Crippen LogP contribution in [0.3, 0.4) is 0 Å². The highest BCUT2D eigenvalue weighted by Gasteiger charge is 2.34. The van der Waals surface area contributed by atoms with E-state index in [1.807, 2.05) is 50.3 Å². The molecule has 2 aromatic rings. The molecule has 1 aliphatic heterocycles. The Kier molecular flexibility index (Phi) is 6.53. The maximum atomic E-state index is 14.7. The van der Waals surface area contributed by atoms with Gasteiger partial charge in [0.15, 0.2) is 6.61 Å². The molecule has 1 heterocycles. The number of nitrogens with zero attached hydrogens (tertiary/aromatic N) is 3. The number of anilines is 2. The number of carbonyl (C=O) groups excluding carboxylic acids is 1. The van der Waals surface area contributed by atoms with E-state index in [9.17, 15) is 9.18 Å². The number of fused-ring (bicyclic) bond motifs is 1. The number of hydrogen-bond donors (Lipinski definition) is 1. The number of ether oxygens (including phenoxy) is 1. The zero-order valence-corrected chi connectivity index (χ0v) is 19.1. The maximum absolute atomic E-state index is 14.7. The summed E-state index contributed by atoms with van der Waals surface area (Å²) >= 11 is 0. The van der Waals surface area contributed by atoms with Crippen molar-refractivity contribution < 1.29 is 13.9 Å². The number of carbonyl (C=O) groups is 1. The molecular formula is C24H31FN4O2. The summed E-state index contributed by atoms with van der Waals surface area (Å²) in [6.07, 6.45) is 2.31. The van der Waals surface area contributed by atoms with Gasteiger partial charge in [-0.25, -0.2) is 9.82 Å². The summed E-state index contributed by atoms with van der Waals surface area (Å²) in [4.78, 5) is 16.1. The monoisotopic (exact) mass is 426 g/mol. The molecule has 6 nitrogen and oxygen atoms in total. The summed E-state index contributed by atoms with van der Waals surface area (Å²) < 4.78 is 20.2. The Morgan fingerprint density at radius 1 is 1.35 bits per heavy atom. The predicted molar refractivity (Wildman–Crippen MR) is 124 cm³/mol. The first-order valence-corrected chi connectivity index (χ1v) is 10.4. The van der Waals surface area contributed by atoms with Gasteiger partial charge in [0, 0.05) is 49.7 Å². The second-order valence-electron chi connectivity index (χ2n) is 8.88. The van der Waals surface area contributed by atoms with Crippen LogP contribution in [0, 0.1) is 5.82 Å². The molecule has 0 saturated carbocycles. The number of benzene rings is 2. The number of hydrazone groups is 1. The molecule has 1 amide bonds. The molecule has 1 aliphatic rings. The lowest BCUT2D eigenvalue weighted by Gasteiger charge is -2.45. The highest BCUT2D eigenvalue weighted by molar-refractivity contribution is 5.84. The molecule has 31 heavy (non-hydrogen) atoms. The van der Waals surface area contributed by atoms with E-state index in [0.29, 0.717) is 17.2 Å². The number of nitrogens with one attached hydrogen (secondary N) is 1. The standard InChI is InChI=1S/C24H31FN4O2/c1-16-13-24(2,3)29(6)22-12-21(25)17(10-20(16)22)14-26-27-23(30)15-31-19-9-7-8-18(11-19)28(4)5/h7-12,14,16H,13,15H2,1-6H3,(H,27,30)/b26-14+. The minimum atomic E-state index is -0.417. The van der Waals surface area contributed by atoms with Gasteiger partial charge in [0.25, 0.3) is 5.91 Å². The number of hydrogen-bond acceptors (Lipinski definition) is 5. The van der Waals surface area contributed by atoms with Gasteiger partial charge in [-0.15, -0.1) is 0 Å². The lowest BCUT2D eigenvalue weighted by molar-refractivity contribution is -0.123. The van der Waals surface area contributed by atoms with E-state index in [2.05, 4.69) is 36.2 Å². The lowest BCUT2D eigenvalue weighted by Crippen LogP contribution is -2.45. The SMILES string of the molecule is CC1CC(C)(C)N(C)c2cc(F)c(/C=N/NC(=O)COc3cccc(N(C)C)c3)cc21. The van der Waals surface area contributed by atoms with E-state index in [0.717, 1.165) is 23.4 Å². The van der Waals surface area contributed by atoms with Crippen molar-refractivity contribution in [2.24, 2.45) is 5.10 Å². The Hall–Kier alpha value is -3.09. The fourth-order valence-corrected chi connectivity index (χ4v) is 3.91. The summed E-state index contributed by atoms with van der Waals surface area (Å²) in [5, 5.41) is 3.92. The van der Waals surface area contributed by atoms with Crippen LogP contribution < -0.4 is 20.0 Å². The lowest BCUT2D eigenvalue weighted by atomic mass is 9.80. The third kappa shape index (κ3) is 5.16. The highest BCUT2D eigenvalue weighted by atomic mass is 19.1. The normalized spacial score (nSPS) is 17.4. The molecule has 3 rings (SSSR count). The van der Waals surface area contributed by atoms with E-state index in [-0.39, 0.29) is 18.0 Å². The largest absolute Gasteiger partial charge is 0.484 e. The van der Waals surface area contributed by atoms with Crippen molar-refractivity contribution in [1.82, 2.24) is 5.43 Å². The van der Waals surface area contributed by atoms with Crippen molar-refractivity contribution in [2.75, 3.05) is 37.5 Å². The molecule has 0 saturated heterocycles. The number of rotatable bonds is 6. The molecule has 1 N–H and O–H groups in total. The van der Waals surface area contributed by atoms with Gasteiger partial charge in [-0.1, -0.05) is 13.0 Å². The summed E-state index contributed by atoms with van der Waals surface area (Å²) in [6.45, 7) is 6.29. The number of halogens is 1. The minimum absolute atomic E-state index is 0.0332. The summed E-state index contributed by atoms with van der Waals surface area (Å²) in [5.41, 5.74) is 5.67. The maximum Gasteiger partial charge on any atom is 0.277 e. The first-order valence-electron chi connectivity index (χ1n) is 10.4. The van der Waals surface area contributed by atoms with Crippen molar-refractivity contribution in [3.8, 4) is 5.75 Å². The van der Waals surface area contributed by atoms with E-state index in [4.69, 9.17) is 4.74 Å². The van der Waals surface area contributed by atoms with Crippen LogP contribution in [0.5, 0.6) is 5.75 Å². The second-order valence-corrected chi connectivity index (χ2v) is 8.88. The molecule has 0 fully saturated rings. The Morgan fingerprint density at radius 3 is 2.81 bits per heavy atom. The van der Waals surface area contributed by atoms with E-state index < -0.39 is 5.91 Å². The van der Waals surface area contributed by atoms with Crippen LogP contribution in [0.1, 0.15) is 44.2 Å². The molecule has 0 radical (unpaired) electrons. The van der Waals surface area contributed by atoms with Gasteiger partial charge in [-0.3, -0.25) is 4.79 Å². The molecule has 0 bridgehead atoms. The van der Waals surface area contributed by atoms with Gasteiger partial charge in [-0.2, -0.15) is 5.10 Å². The molecule has 166 valence electrons. The summed E-state index contributed by atoms with van der Waals surface area (Å²) in [5.74, 6) is 0.104. The topological polar surface area (TPSA) is 57.2 Å². The third-order valence-corrected chi connectivity index (χ3v) is 5.85. The van der Waals surface area contributed by atoms with Crippen LogP contribution in [0.4, 0.5) is 15.8 Å². The van der Waals surface area contributed by atoms with Crippen LogP contribution in [0.2, 0.25) is 0 Å². The molecule has 7 heteroatoms. The van der Waals surface area contributed by atoms with Crippen LogP contribution in [0.25, 0.3) is 0 Å². The number of amides is 1. The zero-order chi connectivity index (χ0) is 22.8. The minimum Gasteiger partial charge on any atom is -0.484 e. The first kappa shape index (κ1) is 22.6. The first-order chi connectivity index (χ1) is 14.6. The summed E-state index contributed by atoms with van der Waals surface area (Å²) in [7, 11) is 5.85. The Morgan fingerprint density at radius 2 is 2.10 bits per heavy atom. The van der Waals surface area contributed by atoms with Crippen molar-refractivity contribution in [2.45, 2.75) is 38.6 Å². The average molecular weight is 427 g/mol. The van der Waals surface area contributed by atoms with Gasteiger partial charge < -0.3 is 14.5 Å². The Labute approximate surface area is 183 Å². The van der Waals surface area contributed by atoms with Crippen molar-refractivity contribution in [3.05, 3.63) is 53.3 Å². The van der Waals surface area contributed by atoms with Crippen molar-refractivity contribution in [1.29, 1.82) is 0 Å². The van der Waals surface area contributed by atoms with Crippen molar-refractivity contribution in [3.63, 3.8) is 0 Å². The van der Waals surface area contributed by atoms with Gasteiger partial charge in [0.05, 0.1) is 6.21 Å². The fraction of sp³-hybridized carbons (Fsp3) is 0.417. The van der Waals surface area contributed by atoms with E-state index >= 15 is 0 Å². The van der Waals surface area contributed by atoms with Crippen LogP contribution >= 0.6 is 0 Å². The highest BCUT2D eigenvalue weighted by Crippen LogP contribution is 2.43. The summed E-state index contributed by atoms with van der Waals surface area (Å²) in [6, 6.07) is 10.8. The Bertz CT molecular complexity index is 988. The molecule has 2 aromatic carbocycles. The predicted octanol–water partition coefficient (Wildman–Crippen LogP) is 4.14. The molecule has 1 atom stereocenters. The molecule has 0 spiro atoms. The average Bonchev–Trinajstić information content (AvgIpc) is 2.71. The van der Waals surface area contributed by atoms with Gasteiger partial charge in [-0.05, 0) is 56.0 Å². The van der Waals surface area contributed by atoms with E-state index in [1.165, 1.54) is 6.21 Å². The van der Waals surface area contributed by atoms with Gasteiger partial charge >= 0.3 is 0 Å². The van der Waals surface area contributed by atoms with Crippen LogP contribution in [0.15, 0.2) is 41.5 Å². The van der Waals surface area contributed by atoms with E-state index in [1.54, 1.807) is 12.1 Å². The third-order valence-electron chi connectivity index (χ3n) is 5.85. The van der Waals surface area contributed by atoms with Crippen LogP contribution in [-0.2, 0) is 4.79 Å². The smallest absolute Gasteiger partial charge is 0.277 e. The molecule has 0 aromatic heterocycles. The zero-order valence-electron chi connectivity index (χ0n) is 19.1. The van der Waals surface area contributed by atoms with Crippen LogP contribution in [-0.4, -0.2) is 45.4 Å². The fourth-order valence-electron chi connectivity index (χ4n) is 3.91. The quantitative estimate of drug-likeness (QED) is 0.557. The second kappa shape index (κ2) is 8.96. The van der Waals surface area contributed by atoms with Gasteiger partial charge in [0.1, 0.15) is 11.6 Å².